The molecule has 0 aliphatic heterocycles. The van der Waals surface area contributed by atoms with Gasteiger partial charge in [-0.25, -0.2) is 4.79 Å². The number of hydrogen-bond acceptors (Lipinski definition) is 5. The van der Waals surface area contributed by atoms with Crippen LogP contribution in [0.25, 0.3) is 0 Å². The third-order valence-corrected chi connectivity index (χ3v) is 7.35. The van der Waals surface area contributed by atoms with Crippen LogP contribution in [-0.2, 0) is 5.41 Å². The molecule has 0 aromatic heterocycles. The third-order valence-electron chi connectivity index (χ3n) is 7.35. The fraction of sp³-hybridized carbons (Fsp3) is 0.257. The average Bonchev–Trinajstić information content (AvgIpc) is 2.91. The van der Waals surface area contributed by atoms with Crippen LogP contribution in [0.5, 0.6) is 23.0 Å². The number of aryl methyl sites for hydroxylation is 4. The zero-order valence-corrected chi connectivity index (χ0v) is 24.5. The van der Waals surface area contributed by atoms with E-state index in [2.05, 4.69) is 52.0 Å². The smallest absolute Gasteiger partial charge is 0.343 e. The van der Waals surface area contributed by atoms with Gasteiger partial charge in [-0.2, -0.15) is 0 Å². The van der Waals surface area contributed by atoms with Crippen molar-refractivity contribution in [2.75, 3.05) is 7.11 Å². The van der Waals surface area contributed by atoms with Gasteiger partial charge in [0.05, 0.1) is 12.7 Å². The monoisotopic (exact) mass is 536 g/mol. The summed E-state index contributed by atoms with van der Waals surface area (Å²) in [5, 5.41) is 0. The summed E-state index contributed by atoms with van der Waals surface area (Å²) in [4.78, 5) is 24.5. The summed E-state index contributed by atoms with van der Waals surface area (Å²) in [6, 6.07) is 22.3. The van der Waals surface area contributed by atoms with Crippen molar-refractivity contribution in [1.82, 2.24) is 0 Å². The molecule has 0 N–H and O–H groups in total. The summed E-state index contributed by atoms with van der Waals surface area (Å²) in [5.41, 5.74) is 7.12. The first kappa shape index (κ1) is 28.6. The maximum atomic E-state index is 13.0. The normalized spacial score (nSPS) is 11.2. The molecule has 0 amide bonds. The Kier molecular flexibility index (Phi) is 8.15. The molecular weight excluding hydrogens is 500 g/mol. The first-order valence-corrected chi connectivity index (χ1v) is 13.3. The minimum Gasteiger partial charge on any atom is -0.496 e. The van der Waals surface area contributed by atoms with E-state index in [-0.39, 0.29) is 11.2 Å². The Morgan fingerprint density at radius 3 is 1.43 bits per heavy atom. The molecule has 5 heteroatoms. The van der Waals surface area contributed by atoms with Crippen LogP contribution >= 0.6 is 0 Å². The first-order valence-electron chi connectivity index (χ1n) is 13.3. The lowest BCUT2D eigenvalue weighted by Gasteiger charge is -2.29. The Morgan fingerprint density at radius 1 is 0.625 bits per heavy atom. The predicted octanol–water partition coefficient (Wildman–Crippen LogP) is 8.47. The van der Waals surface area contributed by atoms with E-state index in [1.807, 2.05) is 13.8 Å². The number of ether oxygens (including phenoxy) is 3. The molecule has 4 aromatic carbocycles. The highest BCUT2D eigenvalue weighted by atomic mass is 16.5. The van der Waals surface area contributed by atoms with Gasteiger partial charge in [0, 0.05) is 11.0 Å². The molecule has 0 saturated heterocycles. The molecule has 0 atom stereocenters. The van der Waals surface area contributed by atoms with Crippen LogP contribution in [0, 0.1) is 27.7 Å². The number of benzene rings is 4. The molecule has 206 valence electrons. The van der Waals surface area contributed by atoms with Gasteiger partial charge in [0.1, 0.15) is 23.0 Å². The Bertz CT molecular complexity index is 1510. The number of rotatable bonds is 8. The lowest BCUT2D eigenvalue weighted by atomic mass is 9.76. The fourth-order valence-corrected chi connectivity index (χ4v) is 4.98. The van der Waals surface area contributed by atoms with Crippen LogP contribution in [0.4, 0.5) is 0 Å². The van der Waals surface area contributed by atoms with Crippen molar-refractivity contribution in [3.8, 4) is 23.0 Å². The van der Waals surface area contributed by atoms with Crippen LogP contribution in [0.3, 0.4) is 0 Å². The van der Waals surface area contributed by atoms with Crippen LogP contribution in [0.1, 0.15) is 74.9 Å². The summed E-state index contributed by atoms with van der Waals surface area (Å²) in [6.45, 7) is 14.0. The molecule has 0 fully saturated rings. The molecular formula is C35H36O5. The lowest BCUT2D eigenvalue weighted by molar-refractivity contribution is 0.0732. The van der Waals surface area contributed by atoms with Crippen molar-refractivity contribution >= 4 is 11.8 Å². The molecule has 0 unspecified atom stereocenters. The first-order chi connectivity index (χ1) is 18.9. The zero-order valence-electron chi connectivity index (χ0n) is 24.5. The van der Waals surface area contributed by atoms with Crippen LogP contribution in [-0.4, -0.2) is 18.9 Å². The summed E-state index contributed by atoms with van der Waals surface area (Å²) >= 11 is 0. The number of Topliss-reactive ketones (excluding diaryl/α,β-unsaturated/α-hetero) is 1. The largest absolute Gasteiger partial charge is 0.496 e. The van der Waals surface area contributed by atoms with Crippen LogP contribution < -0.4 is 14.2 Å². The zero-order chi connectivity index (χ0) is 29.2. The molecule has 4 rings (SSSR count). The van der Waals surface area contributed by atoms with Crippen LogP contribution in [0.2, 0.25) is 0 Å². The maximum absolute atomic E-state index is 13.0. The number of esters is 1. The van der Waals surface area contributed by atoms with Crippen molar-refractivity contribution in [3.05, 3.63) is 117 Å². The average molecular weight is 537 g/mol. The molecule has 4 aromatic rings. The van der Waals surface area contributed by atoms with Gasteiger partial charge in [-0.15, -0.1) is 0 Å². The molecule has 0 aliphatic carbocycles. The van der Waals surface area contributed by atoms with Gasteiger partial charge < -0.3 is 14.2 Å². The van der Waals surface area contributed by atoms with Gasteiger partial charge in [0.25, 0.3) is 0 Å². The quantitative estimate of drug-likeness (QED) is 0.128. The summed E-state index contributed by atoms with van der Waals surface area (Å²) in [6.07, 6.45) is 0. The standard InChI is InChI=1S/C35H36O5/c1-21-17-28(18-22(2)32(21)38-8)35(6,7)29-19-23(3)33(24(4)20-29)40-34(37)27-11-15-31(16-12-27)39-30-13-9-26(10-14-30)25(5)36/h9-20H,1-8H3. The molecule has 0 saturated carbocycles. The second kappa shape index (κ2) is 11.4. The SMILES string of the molecule is COc1c(C)cc(C(C)(C)c2cc(C)c(OC(=O)c3ccc(Oc4ccc(C(C)=O)cc4)cc3)c(C)c2)cc1C. The van der Waals surface area contributed by atoms with E-state index in [4.69, 9.17) is 14.2 Å². The molecule has 0 heterocycles. The van der Waals surface area contributed by atoms with Crippen molar-refractivity contribution in [3.63, 3.8) is 0 Å². The second-order valence-corrected chi connectivity index (χ2v) is 10.8. The number of methoxy groups -OCH3 is 1. The minimum absolute atomic E-state index is 0.000599. The van der Waals surface area contributed by atoms with E-state index >= 15 is 0 Å². The molecule has 5 nitrogen and oxygen atoms in total. The summed E-state index contributed by atoms with van der Waals surface area (Å²) < 4.78 is 17.3. The Balaban J connectivity index is 1.50. The van der Waals surface area contributed by atoms with Gasteiger partial charge in [-0.05, 0) is 117 Å². The van der Waals surface area contributed by atoms with Gasteiger partial charge in [0.15, 0.2) is 5.78 Å². The molecule has 0 bridgehead atoms. The van der Waals surface area contributed by atoms with E-state index in [1.54, 1.807) is 55.6 Å². The van der Waals surface area contributed by atoms with Gasteiger partial charge in [0.2, 0.25) is 0 Å². The van der Waals surface area contributed by atoms with E-state index < -0.39 is 5.97 Å². The highest BCUT2D eigenvalue weighted by Gasteiger charge is 2.26. The van der Waals surface area contributed by atoms with E-state index in [0.29, 0.717) is 28.4 Å². The number of carbonyl (C=O) groups is 2. The topological polar surface area (TPSA) is 61.8 Å². The van der Waals surface area contributed by atoms with E-state index in [9.17, 15) is 9.59 Å². The molecule has 0 spiro atoms. The van der Waals surface area contributed by atoms with Gasteiger partial charge >= 0.3 is 5.97 Å². The van der Waals surface area contributed by atoms with Crippen molar-refractivity contribution in [2.45, 2.75) is 53.9 Å². The van der Waals surface area contributed by atoms with E-state index in [1.165, 1.54) is 12.5 Å². The Labute approximate surface area is 236 Å². The highest BCUT2D eigenvalue weighted by molar-refractivity contribution is 5.94. The van der Waals surface area contributed by atoms with Crippen LogP contribution in [0.15, 0.2) is 72.8 Å². The molecule has 0 aliphatic rings. The Morgan fingerprint density at radius 2 is 1.02 bits per heavy atom. The second-order valence-electron chi connectivity index (χ2n) is 10.8. The number of hydrogen-bond donors (Lipinski definition) is 0. The summed E-state index contributed by atoms with van der Waals surface area (Å²) in [7, 11) is 1.70. The predicted molar refractivity (Wildman–Crippen MR) is 158 cm³/mol. The molecule has 0 radical (unpaired) electrons. The highest BCUT2D eigenvalue weighted by Crippen LogP contribution is 2.38. The van der Waals surface area contributed by atoms with E-state index in [0.717, 1.165) is 33.6 Å². The molecule has 40 heavy (non-hydrogen) atoms. The van der Waals surface area contributed by atoms with Crippen molar-refractivity contribution in [1.29, 1.82) is 0 Å². The van der Waals surface area contributed by atoms with Crippen molar-refractivity contribution < 1.29 is 23.8 Å². The lowest BCUT2D eigenvalue weighted by Crippen LogP contribution is -2.20. The fourth-order valence-electron chi connectivity index (χ4n) is 4.98. The number of ketones is 1. The third kappa shape index (κ3) is 5.94. The Hall–Kier alpha value is -4.38. The van der Waals surface area contributed by atoms with Crippen molar-refractivity contribution in [2.24, 2.45) is 0 Å². The minimum atomic E-state index is -0.433. The van der Waals surface area contributed by atoms with Gasteiger partial charge in [-0.3, -0.25) is 4.79 Å². The number of carbonyl (C=O) groups excluding carboxylic acids is 2. The van der Waals surface area contributed by atoms with Gasteiger partial charge in [-0.1, -0.05) is 38.1 Å². The maximum Gasteiger partial charge on any atom is 0.343 e. The summed E-state index contributed by atoms with van der Waals surface area (Å²) in [5.74, 6) is 2.23.